The van der Waals surface area contributed by atoms with E-state index in [0.717, 1.165) is 12.1 Å². The van der Waals surface area contributed by atoms with Gasteiger partial charge in [-0.3, -0.25) is 4.79 Å². The van der Waals surface area contributed by atoms with E-state index in [-0.39, 0.29) is 28.5 Å². The molecular formula is C17H9F3N4O2. The standard InChI is InChI=1S/C17H9F3N4O2/c18-17(19,20)10-6-7-11-12(8-10)22-14(25)13(21-11)16-24-23-15(26-16)9-4-2-1-3-5-9/h1-8H,(H,22,25). The van der Waals surface area contributed by atoms with Crippen molar-refractivity contribution in [2.45, 2.75) is 6.18 Å². The largest absolute Gasteiger partial charge is 0.416 e. The summed E-state index contributed by atoms with van der Waals surface area (Å²) in [5.41, 5.74) is -0.951. The molecule has 9 heteroatoms. The molecule has 0 fully saturated rings. The zero-order chi connectivity index (χ0) is 18.3. The fourth-order valence-electron chi connectivity index (χ4n) is 2.42. The molecule has 6 nitrogen and oxygen atoms in total. The van der Waals surface area contributed by atoms with Crippen molar-refractivity contribution in [3.05, 3.63) is 64.4 Å². The molecule has 2 aromatic carbocycles. The molecule has 0 unspecified atom stereocenters. The fraction of sp³-hybridized carbons (Fsp3) is 0.0588. The SMILES string of the molecule is O=c1[nH]c2cc(C(F)(F)F)ccc2nc1-c1nnc(-c2ccccc2)o1. The summed E-state index contributed by atoms with van der Waals surface area (Å²) in [7, 11) is 0. The highest BCUT2D eigenvalue weighted by Crippen LogP contribution is 2.30. The third-order valence-corrected chi connectivity index (χ3v) is 3.67. The van der Waals surface area contributed by atoms with Gasteiger partial charge in [-0.1, -0.05) is 18.2 Å². The Morgan fingerprint density at radius 2 is 1.69 bits per heavy atom. The van der Waals surface area contributed by atoms with Crippen molar-refractivity contribution < 1.29 is 17.6 Å². The van der Waals surface area contributed by atoms with E-state index in [2.05, 4.69) is 20.2 Å². The van der Waals surface area contributed by atoms with Crippen LogP contribution < -0.4 is 5.56 Å². The van der Waals surface area contributed by atoms with E-state index in [1.54, 1.807) is 24.3 Å². The topological polar surface area (TPSA) is 84.7 Å². The normalized spacial score (nSPS) is 11.8. The van der Waals surface area contributed by atoms with Gasteiger partial charge in [0.2, 0.25) is 5.89 Å². The number of alkyl halides is 3. The van der Waals surface area contributed by atoms with E-state index in [1.165, 1.54) is 6.07 Å². The Labute approximate surface area is 143 Å². The molecule has 0 aliphatic heterocycles. The number of hydrogen-bond acceptors (Lipinski definition) is 5. The third kappa shape index (κ3) is 2.83. The number of nitrogens with zero attached hydrogens (tertiary/aromatic N) is 3. The van der Waals surface area contributed by atoms with Gasteiger partial charge in [-0.15, -0.1) is 10.2 Å². The van der Waals surface area contributed by atoms with Crippen LogP contribution in [0.5, 0.6) is 0 Å². The molecule has 0 aliphatic rings. The first-order valence-electron chi connectivity index (χ1n) is 7.42. The quantitative estimate of drug-likeness (QED) is 0.591. The Hall–Kier alpha value is -3.49. The van der Waals surface area contributed by atoms with Crippen LogP contribution in [-0.2, 0) is 6.18 Å². The van der Waals surface area contributed by atoms with Gasteiger partial charge >= 0.3 is 6.18 Å². The van der Waals surface area contributed by atoms with Gasteiger partial charge in [-0.05, 0) is 30.3 Å². The van der Waals surface area contributed by atoms with Crippen molar-refractivity contribution in [3.63, 3.8) is 0 Å². The summed E-state index contributed by atoms with van der Waals surface area (Å²) in [5.74, 6) is 0.0845. The lowest BCUT2D eigenvalue weighted by atomic mass is 10.2. The van der Waals surface area contributed by atoms with Crippen molar-refractivity contribution >= 4 is 11.0 Å². The van der Waals surface area contributed by atoms with E-state index < -0.39 is 17.3 Å². The van der Waals surface area contributed by atoms with Crippen LogP contribution in [-0.4, -0.2) is 20.2 Å². The van der Waals surface area contributed by atoms with E-state index in [0.29, 0.717) is 5.56 Å². The summed E-state index contributed by atoms with van der Waals surface area (Å²) in [6.45, 7) is 0. The van der Waals surface area contributed by atoms with Crippen molar-refractivity contribution in [3.8, 4) is 23.0 Å². The lowest BCUT2D eigenvalue weighted by molar-refractivity contribution is -0.137. The molecule has 2 heterocycles. The van der Waals surface area contributed by atoms with Crippen LogP contribution in [0, 0.1) is 0 Å². The first-order valence-corrected chi connectivity index (χ1v) is 7.42. The number of hydrogen-bond donors (Lipinski definition) is 1. The number of benzene rings is 2. The highest BCUT2D eigenvalue weighted by molar-refractivity contribution is 5.77. The third-order valence-electron chi connectivity index (χ3n) is 3.67. The molecule has 0 bridgehead atoms. The number of fused-ring (bicyclic) bond motifs is 1. The summed E-state index contributed by atoms with van der Waals surface area (Å²) in [6.07, 6.45) is -4.51. The number of rotatable bonds is 2. The summed E-state index contributed by atoms with van der Waals surface area (Å²) in [5, 5.41) is 7.68. The summed E-state index contributed by atoms with van der Waals surface area (Å²) in [6, 6.07) is 11.8. The number of halogens is 3. The minimum absolute atomic E-state index is 0.0311. The van der Waals surface area contributed by atoms with Gasteiger partial charge in [0.05, 0.1) is 16.6 Å². The molecule has 26 heavy (non-hydrogen) atoms. The molecule has 4 aromatic rings. The van der Waals surface area contributed by atoms with Gasteiger partial charge in [0.1, 0.15) is 0 Å². The highest BCUT2D eigenvalue weighted by atomic mass is 19.4. The average molecular weight is 358 g/mol. The van der Waals surface area contributed by atoms with Crippen LogP contribution in [0.15, 0.2) is 57.7 Å². The number of aromatic amines is 1. The smallest absolute Gasteiger partial charge is 0.414 e. The van der Waals surface area contributed by atoms with Gasteiger partial charge in [0, 0.05) is 5.56 Å². The Kier molecular flexibility index (Phi) is 3.57. The molecule has 0 saturated heterocycles. The Balaban J connectivity index is 1.79. The van der Waals surface area contributed by atoms with Gasteiger partial charge in [-0.25, -0.2) is 4.98 Å². The molecule has 4 rings (SSSR count). The molecule has 0 atom stereocenters. The summed E-state index contributed by atoms with van der Waals surface area (Å²) >= 11 is 0. The Morgan fingerprint density at radius 1 is 0.962 bits per heavy atom. The molecule has 1 N–H and O–H groups in total. The highest BCUT2D eigenvalue weighted by Gasteiger charge is 2.30. The second-order valence-electron chi connectivity index (χ2n) is 5.42. The van der Waals surface area contributed by atoms with Crippen LogP contribution in [0.1, 0.15) is 5.56 Å². The molecule has 0 radical (unpaired) electrons. The molecular weight excluding hydrogens is 349 g/mol. The Bertz CT molecular complexity index is 1150. The monoisotopic (exact) mass is 358 g/mol. The van der Waals surface area contributed by atoms with E-state index in [4.69, 9.17) is 4.42 Å². The molecule has 2 aromatic heterocycles. The number of nitrogens with one attached hydrogen (secondary N) is 1. The van der Waals surface area contributed by atoms with Crippen LogP contribution in [0.25, 0.3) is 34.1 Å². The summed E-state index contributed by atoms with van der Waals surface area (Å²) in [4.78, 5) is 18.7. The molecule has 0 saturated carbocycles. The Morgan fingerprint density at radius 3 is 2.42 bits per heavy atom. The van der Waals surface area contributed by atoms with Crippen molar-refractivity contribution in [2.24, 2.45) is 0 Å². The second-order valence-corrected chi connectivity index (χ2v) is 5.42. The zero-order valence-electron chi connectivity index (χ0n) is 12.9. The average Bonchev–Trinajstić information content (AvgIpc) is 3.10. The first kappa shape index (κ1) is 16.0. The lowest BCUT2D eigenvalue weighted by Crippen LogP contribution is -2.13. The maximum absolute atomic E-state index is 12.8. The minimum Gasteiger partial charge on any atom is -0.414 e. The van der Waals surface area contributed by atoms with Crippen LogP contribution in [0.3, 0.4) is 0 Å². The minimum atomic E-state index is -4.51. The number of H-pyrrole nitrogens is 1. The molecule has 0 aliphatic carbocycles. The van der Waals surface area contributed by atoms with Crippen LogP contribution in [0.2, 0.25) is 0 Å². The maximum atomic E-state index is 12.8. The van der Waals surface area contributed by atoms with Gasteiger partial charge in [0.15, 0.2) is 5.69 Å². The van der Waals surface area contributed by atoms with Gasteiger partial charge < -0.3 is 9.40 Å². The summed E-state index contributed by atoms with van der Waals surface area (Å²) < 4.78 is 43.8. The lowest BCUT2D eigenvalue weighted by Gasteiger charge is -2.07. The van der Waals surface area contributed by atoms with Crippen LogP contribution >= 0.6 is 0 Å². The predicted molar refractivity (Wildman–Crippen MR) is 86.1 cm³/mol. The van der Waals surface area contributed by atoms with E-state index in [9.17, 15) is 18.0 Å². The zero-order valence-corrected chi connectivity index (χ0v) is 12.9. The van der Waals surface area contributed by atoms with Crippen molar-refractivity contribution in [1.82, 2.24) is 20.2 Å². The predicted octanol–water partition coefficient (Wildman–Crippen LogP) is 3.66. The van der Waals surface area contributed by atoms with Gasteiger partial charge in [0.25, 0.3) is 11.4 Å². The fourth-order valence-corrected chi connectivity index (χ4v) is 2.42. The molecule has 0 amide bonds. The van der Waals surface area contributed by atoms with E-state index in [1.807, 2.05) is 6.07 Å². The van der Waals surface area contributed by atoms with Crippen molar-refractivity contribution in [2.75, 3.05) is 0 Å². The van der Waals surface area contributed by atoms with Gasteiger partial charge in [-0.2, -0.15) is 13.2 Å². The molecule has 0 spiro atoms. The molecule has 130 valence electrons. The maximum Gasteiger partial charge on any atom is 0.416 e. The first-order chi connectivity index (χ1) is 12.4. The second kappa shape index (κ2) is 5.80. The number of aromatic nitrogens is 4. The van der Waals surface area contributed by atoms with Crippen molar-refractivity contribution in [1.29, 1.82) is 0 Å². The van der Waals surface area contributed by atoms with E-state index >= 15 is 0 Å². The van der Waals surface area contributed by atoms with Crippen LogP contribution in [0.4, 0.5) is 13.2 Å².